The Hall–Kier alpha value is -1.46. The summed E-state index contributed by atoms with van der Waals surface area (Å²) in [7, 11) is 0. The summed E-state index contributed by atoms with van der Waals surface area (Å²) in [5, 5.41) is 9.40. The lowest BCUT2D eigenvalue weighted by atomic mass is 10.1. The van der Waals surface area contributed by atoms with E-state index < -0.39 is 12.0 Å². The van der Waals surface area contributed by atoms with Crippen LogP contribution in [0, 0.1) is 5.92 Å². The summed E-state index contributed by atoms with van der Waals surface area (Å²) in [6.07, 6.45) is 1.80. The predicted octanol–water partition coefficient (Wildman–Crippen LogP) is 3.05. The van der Waals surface area contributed by atoms with Crippen LogP contribution in [0.25, 0.3) is 10.9 Å². The molecule has 102 valence electrons. The molecule has 0 unspecified atom stereocenters. The molecule has 0 spiro atoms. The van der Waals surface area contributed by atoms with Crippen LogP contribution in [0.15, 0.2) is 41.0 Å². The van der Waals surface area contributed by atoms with Gasteiger partial charge in [-0.1, -0.05) is 32.0 Å². The molecule has 0 bridgehead atoms. The van der Waals surface area contributed by atoms with E-state index in [1.807, 2.05) is 30.3 Å². The first-order valence-electron chi connectivity index (χ1n) is 5.91. The van der Waals surface area contributed by atoms with Gasteiger partial charge in [-0.2, -0.15) is 0 Å². The monoisotopic (exact) mass is 324 g/mol. The number of fused-ring (bicyclic) bond motifs is 1. The number of aliphatic carboxylic acids is 1. The zero-order valence-electron chi connectivity index (χ0n) is 10.9. The highest BCUT2D eigenvalue weighted by molar-refractivity contribution is 9.10. The van der Waals surface area contributed by atoms with Gasteiger partial charge in [0, 0.05) is 16.1 Å². The van der Waals surface area contributed by atoms with E-state index >= 15 is 0 Å². The number of halogens is 1. The van der Waals surface area contributed by atoms with Crippen LogP contribution in [0.1, 0.15) is 13.8 Å². The van der Waals surface area contributed by atoms with Crippen molar-refractivity contribution in [2.45, 2.75) is 19.9 Å². The van der Waals surface area contributed by atoms with Crippen LogP contribution >= 0.6 is 15.9 Å². The second-order valence-corrected chi connectivity index (χ2v) is 5.28. The minimum atomic E-state index is -0.931. The van der Waals surface area contributed by atoms with Gasteiger partial charge >= 0.3 is 5.97 Å². The Kier molecular flexibility index (Phi) is 5.92. The topological polar surface area (TPSA) is 76.2 Å². The number of carboxylic acids is 1. The third kappa shape index (κ3) is 4.61. The maximum Gasteiger partial charge on any atom is 0.320 e. The van der Waals surface area contributed by atoms with Crippen LogP contribution in [0.2, 0.25) is 0 Å². The zero-order chi connectivity index (χ0) is 14.4. The summed E-state index contributed by atoms with van der Waals surface area (Å²) in [4.78, 5) is 14.2. The molecule has 5 heteroatoms. The van der Waals surface area contributed by atoms with Crippen molar-refractivity contribution in [2.75, 3.05) is 0 Å². The first-order chi connectivity index (χ1) is 8.93. The van der Waals surface area contributed by atoms with Gasteiger partial charge in [-0.05, 0) is 34.0 Å². The van der Waals surface area contributed by atoms with Crippen LogP contribution in [-0.4, -0.2) is 22.1 Å². The molecule has 0 saturated carbocycles. The standard InChI is InChI=1S/C9H6BrN.C5H11NO2/c10-8-5-1-3-7-4-2-6-11-9(7)8;1-3(2)4(6)5(7)8/h1-6H;3-4H,6H2,1-2H3,(H,7,8)/t;4-/m.0/s1. The molecule has 0 amide bonds. The van der Waals surface area contributed by atoms with E-state index in [0.29, 0.717) is 0 Å². The second kappa shape index (κ2) is 7.21. The summed E-state index contributed by atoms with van der Waals surface area (Å²) < 4.78 is 1.05. The molecule has 19 heavy (non-hydrogen) atoms. The minimum Gasteiger partial charge on any atom is -0.480 e. The van der Waals surface area contributed by atoms with Crippen LogP contribution in [0.4, 0.5) is 0 Å². The lowest BCUT2D eigenvalue weighted by molar-refractivity contribution is -0.139. The normalized spacial score (nSPS) is 11.8. The Morgan fingerprint density at radius 3 is 2.42 bits per heavy atom. The molecule has 0 aliphatic carbocycles. The van der Waals surface area contributed by atoms with E-state index in [2.05, 4.69) is 20.9 Å². The summed E-state index contributed by atoms with van der Waals surface area (Å²) in [6, 6.07) is 9.33. The Balaban J connectivity index is 0.000000203. The number of aromatic nitrogens is 1. The van der Waals surface area contributed by atoms with Crippen molar-refractivity contribution in [3.63, 3.8) is 0 Å². The number of nitrogens with two attached hydrogens (primary N) is 1. The van der Waals surface area contributed by atoms with Crippen molar-refractivity contribution in [3.05, 3.63) is 41.0 Å². The molecular formula is C14H17BrN2O2. The van der Waals surface area contributed by atoms with Gasteiger partial charge in [0.25, 0.3) is 0 Å². The average Bonchev–Trinajstić information content (AvgIpc) is 2.39. The first-order valence-corrected chi connectivity index (χ1v) is 6.70. The van der Waals surface area contributed by atoms with Crippen LogP contribution in [-0.2, 0) is 4.79 Å². The fraction of sp³-hybridized carbons (Fsp3) is 0.286. The van der Waals surface area contributed by atoms with Crippen molar-refractivity contribution in [3.8, 4) is 0 Å². The van der Waals surface area contributed by atoms with Crippen molar-refractivity contribution < 1.29 is 9.90 Å². The molecule has 0 aliphatic rings. The molecule has 0 fully saturated rings. The molecule has 4 nitrogen and oxygen atoms in total. The van der Waals surface area contributed by atoms with Crippen molar-refractivity contribution in [2.24, 2.45) is 11.7 Å². The molecule has 0 radical (unpaired) electrons. The number of carbonyl (C=O) groups is 1. The molecule has 1 atom stereocenters. The smallest absolute Gasteiger partial charge is 0.320 e. The molecule has 1 aromatic heterocycles. The first kappa shape index (κ1) is 15.6. The van der Waals surface area contributed by atoms with Crippen LogP contribution < -0.4 is 5.73 Å². The highest BCUT2D eigenvalue weighted by Crippen LogP contribution is 2.20. The van der Waals surface area contributed by atoms with Gasteiger partial charge in [-0.3, -0.25) is 9.78 Å². The van der Waals surface area contributed by atoms with Gasteiger partial charge < -0.3 is 10.8 Å². The predicted molar refractivity (Wildman–Crippen MR) is 79.9 cm³/mol. The van der Waals surface area contributed by atoms with Crippen LogP contribution in [0.5, 0.6) is 0 Å². The SMILES string of the molecule is Brc1cccc2cccnc12.CC(C)[C@H](N)C(=O)O. The average molecular weight is 325 g/mol. The Morgan fingerprint density at radius 1 is 1.32 bits per heavy atom. The molecule has 0 saturated heterocycles. The number of pyridine rings is 1. The minimum absolute atomic E-state index is 0.0208. The Bertz CT molecular complexity index is 553. The molecule has 0 aliphatic heterocycles. The fourth-order valence-electron chi connectivity index (χ4n) is 1.35. The Labute approximate surface area is 120 Å². The number of carboxylic acid groups (broad SMARTS) is 1. The van der Waals surface area contributed by atoms with Gasteiger partial charge in [0.05, 0.1) is 5.52 Å². The van der Waals surface area contributed by atoms with E-state index in [1.165, 1.54) is 5.39 Å². The van der Waals surface area contributed by atoms with Crippen LogP contribution in [0.3, 0.4) is 0 Å². The number of hydrogen-bond donors (Lipinski definition) is 2. The summed E-state index contributed by atoms with van der Waals surface area (Å²) in [5.74, 6) is -0.910. The van der Waals surface area contributed by atoms with Gasteiger partial charge in [0.1, 0.15) is 6.04 Å². The molecule has 2 rings (SSSR count). The molecule has 2 aromatic rings. The maximum absolute atomic E-state index is 10.0. The van der Waals surface area contributed by atoms with Crippen molar-refractivity contribution in [1.29, 1.82) is 0 Å². The van der Waals surface area contributed by atoms with E-state index in [4.69, 9.17) is 10.8 Å². The molecule has 1 aromatic carbocycles. The third-order valence-corrected chi connectivity index (χ3v) is 3.23. The van der Waals surface area contributed by atoms with Gasteiger partial charge in [0.15, 0.2) is 0 Å². The number of hydrogen-bond acceptors (Lipinski definition) is 3. The summed E-state index contributed by atoms with van der Waals surface area (Å²) in [5.41, 5.74) is 6.18. The summed E-state index contributed by atoms with van der Waals surface area (Å²) in [6.45, 7) is 3.55. The highest BCUT2D eigenvalue weighted by Gasteiger charge is 2.14. The van der Waals surface area contributed by atoms with E-state index in [9.17, 15) is 4.79 Å². The van der Waals surface area contributed by atoms with Gasteiger partial charge in [-0.15, -0.1) is 0 Å². The van der Waals surface area contributed by atoms with Gasteiger partial charge in [0.2, 0.25) is 0 Å². The largest absolute Gasteiger partial charge is 0.480 e. The van der Waals surface area contributed by atoms with E-state index in [1.54, 1.807) is 20.0 Å². The Morgan fingerprint density at radius 2 is 1.95 bits per heavy atom. The number of rotatable bonds is 2. The number of para-hydroxylation sites is 1. The lowest BCUT2D eigenvalue weighted by Crippen LogP contribution is -2.34. The van der Waals surface area contributed by atoms with E-state index in [-0.39, 0.29) is 5.92 Å². The van der Waals surface area contributed by atoms with E-state index in [0.717, 1.165) is 9.99 Å². The summed E-state index contributed by atoms with van der Waals surface area (Å²) >= 11 is 3.43. The highest BCUT2D eigenvalue weighted by atomic mass is 79.9. The van der Waals surface area contributed by atoms with Gasteiger partial charge in [-0.25, -0.2) is 0 Å². The third-order valence-electron chi connectivity index (χ3n) is 2.59. The molecule has 1 heterocycles. The quantitative estimate of drug-likeness (QED) is 0.890. The van der Waals surface area contributed by atoms with Crippen molar-refractivity contribution >= 4 is 32.8 Å². The fourth-order valence-corrected chi connectivity index (χ4v) is 1.84. The maximum atomic E-state index is 10.0. The number of benzene rings is 1. The van der Waals surface area contributed by atoms with Crippen molar-refractivity contribution in [1.82, 2.24) is 4.98 Å². The molecular weight excluding hydrogens is 308 g/mol. The zero-order valence-corrected chi connectivity index (χ0v) is 12.5. The molecule has 3 N–H and O–H groups in total. The second-order valence-electron chi connectivity index (χ2n) is 4.42. The number of nitrogens with zero attached hydrogens (tertiary/aromatic N) is 1. The lowest BCUT2D eigenvalue weighted by Gasteiger charge is -2.07.